The molecule has 0 bridgehead atoms. The summed E-state index contributed by atoms with van der Waals surface area (Å²) in [6.07, 6.45) is 0. The first-order chi connectivity index (χ1) is 7.50. The van der Waals surface area contributed by atoms with Gasteiger partial charge in [0.1, 0.15) is 0 Å². The molecule has 90 valence electrons. The first-order valence-electron chi connectivity index (χ1n) is 5.65. The molecule has 0 saturated carbocycles. The Morgan fingerprint density at radius 1 is 1.12 bits per heavy atom. The fraction of sp³-hybridized carbons (Fsp3) is 0.538. The van der Waals surface area contributed by atoms with Gasteiger partial charge >= 0.3 is 110 Å². The van der Waals surface area contributed by atoms with Crippen molar-refractivity contribution >= 4 is 28.0 Å². The van der Waals surface area contributed by atoms with Crippen molar-refractivity contribution in [3.8, 4) is 0 Å². The molecule has 0 unspecified atom stereocenters. The van der Waals surface area contributed by atoms with Crippen LogP contribution < -0.4 is 0 Å². The molecule has 0 amide bonds. The summed E-state index contributed by atoms with van der Waals surface area (Å²) in [7, 11) is 6.45. The monoisotopic (exact) mass is 352 g/mol. The van der Waals surface area contributed by atoms with Crippen LogP contribution in [0.4, 0.5) is 0 Å². The van der Waals surface area contributed by atoms with E-state index in [2.05, 4.69) is 52.0 Å². The second-order valence-corrected chi connectivity index (χ2v) is 9.39. The molecule has 1 aromatic rings. The molecule has 1 aromatic carbocycles. The van der Waals surface area contributed by atoms with Gasteiger partial charge in [-0.1, -0.05) is 0 Å². The molecule has 1 heterocycles. The standard InChI is InChI=1S/C13H18ClIO/c1-9(2)13(10(3)4)11-7-5-6-8-12(11)15(14)16-13/h5-10H,1-4H3. The Labute approximate surface area is 109 Å². The molecule has 0 N–H and O–H groups in total. The van der Waals surface area contributed by atoms with Crippen molar-refractivity contribution in [2.75, 3.05) is 0 Å². The predicted octanol–water partition coefficient (Wildman–Crippen LogP) is 4.97. The van der Waals surface area contributed by atoms with Crippen LogP contribution in [0.15, 0.2) is 24.3 Å². The molecule has 0 fully saturated rings. The summed E-state index contributed by atoms with van der Waals surface area (Å²) in [4.78, 5) is 0. The molecule has 3 heteroatoms. The molecule has 0 spiro atoms. The normalized spacial score (nSPS) is 20.6. The quantitative estimate of drug-likeness (QED) is 0.683. The number of benzene rings is 1. The molecule has 16 heavy (non-hydrogen) atoms. The molecule has 0 radical (unpaired) electrons. The summed E-state index contributed by atoms with van der Waals surface area (Å²) < 4.78 is 7.55. The van der Waals surface area contributed by atoms with Crippen LogP contribution in [0.2, 0.25) is 0 Å². The van der Waals surface area contributed by atoms with Gasteiger partial charge in [-0.15, -0.1) is 0 Å². The zero-order chi connectivity index (χ0) is 11.9. The van der Waals surface area contributed by atoms with Crippen LogP contribution >= 0.6 is 28.0 Å². The topological polar surface area (TPSA) is 9.23 Å². The maximum atomic E-state index is 6.45. The Kier molecular flexibility index (Phi) is 3.53. The van der Waals surface area contributed by atoms with Gasteiger partial charge in [0.05, 0.1) is 0 Å². The summed E-state index contributed by atoms with van der Waals surface area (Å²) in [6.45, 7) is 8.90. The Morgan fingerprint density at radius 3 is 2.25 bits per heavy atom. The van der Waals surface area contributed by atoms with E-state index < -0.39 is 19.1 Å². The summed E-state index contributed by atoms with van der Waals surface area (Å²) in [5.74, 6) is 0.907. The van der Waals surface area contributed by atoms with E-state index in [-0.39, 0.29) is 5.60 Å². The fourth-order valence-corrected chi connectivity index (χ4v) is 7.73. The van der Waals surface area contributed by atoms with Crippen molar-refractivity contribution in [1.82, 2.24) is 0 Å². The summed E-state index contributed by atoms with van der Waals surface area (Å²) in [5, 5.41) is 0. The van der Waals surface area contributed by atoms with Crippen LogP contribution in [0.5, 0.6) is 0 Å². The predicted molar refractivity (Wildman–Crippen MR) is 77.5 cm³/mol. The summed E-state index contributed by atoms with van der Waals surface area (Å²) in [5.41, 5.74) is 1.17. The van der Waals surface area contributed by atoms with Gasteiger partial charge in [0.2, 0.25) is 0 Å². The average molecular weight is 353 g/mol. The van der Waals surface area contributed by atoms with Crippen LogP contribution in [-0.4, -0.2) is 0 Å². The van der Waals surface area contributed by atoms with Gasteiger partial charge in [0.25, 0.3) is 0 Å². The van der Waals surface area contributed by atoms with E-state index in [4.69, 9.17) is 12.0 Å². The molecular weight excluding hydrogens is 334 g/mol. The second kappa shape index (κ2) is 4.46. The second-order valence-electron chi connectivity index (χ2n) is 4.87. The Morgan fingerprint density at radius 2 is 1.69 bits per heavy atom. The van der Waals surface area contributed by atoms with E-state index in [1.807, 2.05) is 0 Å². The molecule has 1 aliphatic heterocycles. The zero-order valence-corrected chi connectivity index (χ0v) is 13.0. The Hall–Kier alpha value is 0.200. The van der Waals surface area contributed by atoms with E-state index in [1.165, 1.54) is 9.13 Å². The minimum absolute atomic E-state index is 0.163. The SMILES string of the molecule is CC(C)C1(C(C)C)OI(Cl)c2ccccc21. The van der Waals surface area contributed by atoms with E-state index in [0.29, 0.717) is 11.8 Å². The van der Waals surface area contributed by atoms with E-state index in [0.717, 1.165) is 0 Å². The molecule has 2 rings (SSSR count). The van der Waals surface area contributed by atoms with Crippen LogP contribution in [0.1, 0.15) is 33.3 Å². The van der Waals surface area contributed by atoms with E-state index >= 15 is 0 Å². The van der Waals surface area contributed by atoms with Crippen LogP contribution in [-0.2, 0) is 8.67 Å². The van der Waals surface area contributed by atoms with Crippen molar-refractivity contribution in [2.45, 2.75) is 33.3 Å². The van der Waals surface area contributed by atoms with Gasteiger partial charge in [-0.25, -0.2) is 0 Å². The zero-order valence-electron chi connectivity index (χ0n) is 10.1. The Bertz CT molecular complexity index is 381. The first-order valence-corrected chi connectivity index (χ1v) is 10.3. The average Bonchev–Trinajstić information content (AvgIpc) is 2.54. The number of rotatable bonds is 2. The maximum absolute atomic E-state index is 6.45. The third-order valence-corrected chi connectivity index (χ3v) is 7.76. The molecule has 1 nitrogen and oxygen atoms in total. The summed E-state index contributed by atoms with van der Waals surface area (Å²) >= 11 is -1.89. The van der Waals surface area contributed by atoms with Crippen molar-refractivity contribution in [1.29, 1.82) is 0 Å². The third-order valence-electron chi connectivity index (χ3n) is 3.37. The van der Waals surface area contributed by atoms with Gasteiger partial charge in [0, 0.05) is 0 Å². The number of hydrogen-bond donors (Lipinski definition) is 0. The van der Waals surface area contributed by atoms with Gasteiger partial charge < -0.3 is 0 Å². The fourth-order valence-electron chi connectivity index (χ4n) is 2.57. The number of fused-ring (bicyclic) bond motifs is 1. The van der Waals surface area contributed by atoms with Crippen LogP contribution in [0, 0.1) is 15.4 Å². The van der Waals surface area contributed by atoms with Crippen molar-refractivity contribution < 1.29 is 3.07 Å². The van der Waals surface area contributed by atoms with E-state index in [1.54, 1.807) is 0 Å². The van der Waals surface area contributed by atoms with Crippen LogP contribution in [0.25, 0.3) is 0 Å². The minimum atomic E-state index is -1.89. The molecule has 1 aliphatic rings. The molecule has 0 aromatic heterocycles. The van der Waals surface area contributed by atoms with Gasteiger partial charge in [-0.05, 0) is 0 Å². The third kappa shape index (κ3) is 1.70. The summed E-state index contributed by atoms with van der Waals surface area (Å²) in [6, 6.07) is 8.48. The van der Waals surface area contributed by atoms with Crippen LogP contribution in [0.3, 0.4) is 0 Å². The van der Waals surface area contributed by atoms with Crippen molar-refractivity contribution in [3.05, 3.63) is 33.4 Å². The van der Waals surface area contributed by atoms with Gasteiger partial charge in [-0.2, -0.15) is 0 Å². The molecule has 0 atom stereocenters. The molecule has 0 saturated heterocycles. The first kappa shape index (κ1) is 12.7. The van der Waals surface area contributed by atoms with Crippen molar-refractivity contribution in [3.63, 3.8) is 0 Å². The van der Waals surface area contributed by atoms with Gasteiger partial charge in [0.15, 0.2) is 0 Å². The van der Waals surface area contributed by atoms with Crippen molar-refractivity contribution in [2.24, 2.45) is 11.8 Å². The molecule has 0 aliphatic carbocycles. The Balaban J connectivity index is 2.60. The molecular formula is C13H18ClIO. The van der Waals surface area contributed by atoms with E-state index in [9.17, 15) is 0 Å². The number of hydrogen-bond acceptors (Lipinski definition) is 1. The number of halogens is 2. The van der Waals surface area contributed by atoms with Gasteiger partial charge in [-0.3, -0.25) is 0 Å².